The minimum Gasteiger partial charge on any atom is -0.466 e. The summed E-state index contributed by atoms with van der Waals surface area (Å²) in [6.45, 7) is 2.31. The average molecular weight is 299 g/mol. The normalized spacial score (nSPS) is 12.1. The molecule has 0 aromatic heterocycles. The van der Waals surface area contributed by atoms with E-state index in [4.69, 9.17) is 4.74 Å². The molecule has 0 aliphatic heterocycles. The Morgan fingerprint density at radius 1 is 1.35 bits per heavy atom. The van der Waals surface area contributed by atoms with Gasteiger partial charge in [0.2, 0.25) is 0 Å². The van der Waals surface area contributed by atoms with E-state index in [0.29, 0.717) is 18.9 Å². The molecule has 1 rings (SSSR count). The number of ether oxygens (including phenoxy) is 1. The SMILES string of the molecule is CCOC(=O)CCCC(CBr)c1ccccc1. The third-order valence-corrected chi connectivity index (χ3v) is 3.48. The topological polar surface area (TPSA) is 26.3 Å². The highest BCUT2D eigenvalue weighted by Gasteiger charge is 2.10. The molecule has 1 aromatic carbocycles. The lowest BCUT2D eigenvalue weighted by atomic mass is 9.95. The van der Waals surface area contributed by atoms with Crippen LogP contribution in [0.2, 0.25) is 0 Å². The molecule has 0 fully saturated rings. The van der Waals surface area contributed by atoms with Gasteiger partial charge in [-0.2, -0.15) is 0 Å². The van der Waals surface area contributed by atoms with Crippen molar-refractivity contribution in [3.05, 3.63) is 35.9 Å². The first-order chi connectivity index (χ1) is 8.27. The number of hydrogen-bond acceptors (Lipinski definition) is 2. The summed E-state index contributed by atoms with van der Waals surface area (Å²) in [5, 5.41) is 0.930. The summed E-state index contributed by atoms with van der Waals surface area (Å²) in [5.41, 5.74) is 1.33. The van der Waals surface area contributed by atoms with Gasteiger partial charge in [-0.1, -0.05) is 46.3 Å². The molecule has 1 unspecified atom stereocenters. The molecule has 1 atom stereocenters. The predicted molar refractivity (Wildman–Crippen MR) is 73.5 cm³/mol. The predicted octanol–water partition coefficient (Wildman–Crippen LogP) is 3.90. The second-order valence-electron chi connectivity index (χ2n) is 3.96. The Hall–Kier alpha value is -0.830. The first kappa shape index (κ1) is 14.2. The van der Waals surface area contributed by atoms with Gasteiger partial charge in [-0.15, -0.1) is 0 Å². The molecule has 94 valence electrons. The summed E-state index contributed by atoms with van der Waals surface area (Å²) < 4.78 is 4.91. The Labute approximate surface area is 111 Å². The highest BCUT2D eigenvalue weighted by molar-refractivity contribution is 9.09. The van der Waals surface area contributed by atoms with E-state index in [2.05, 4.69) is 40.2 Å². The van der Waals surface area contributed by atoms with Gasteiger partial charge in [0.15, 0.2) is 0 Å². The lowest BCUT2D eigenvalue weighted by Crippen LogP contribution is -2.06. The van der Waals surface area contributed by atoms with Gasteiger partial charge in [-0.3, -0.25) is 4.79 Å². The lowest BCUT2D eigenvalue weighted by Gasteiger charge is -2.13. The summed E-state index contributed by atoms with van der Waals surface area (Å²) in [7, 11) is 0. The molecule has 1 aromatic rings. The van der Waals surface area contributed by atoms with Crippen molar-refractivity contribution in [1.29, 1.82) is 0 Å². The van der Waals surface area contributed by atoms with Gasteiger partial charge < -0.3 is 4.74 Å². The molecule has 0 aliphatic rings. The van der Waals surface area contributed by atoms with Crippen LogP contribution < -0.4 is 0 Å². The highest BCUT2D eigenvalue weighted by atomic mass is 79.9. The number of carbonyl (C=O) groups excluding carboxylic acids is 1. The van der Waals surface area contributed by atoms with Crippen LogP contribution in [0.15, 0.2) is 30.3 Å². The second kappa shape index (κ2) is 8.29. The van der Waals surface area contributed by atoms with Crippen LogP contribution in [0.3, 0.4) is 0 Å². The quantitative estimate of drug-likeness (QED) is 0.564. The molecule has 0 amide bonds. The summed E-state index contributed by atoms with van der Waals surface area (Å²) >= 11 is 3.53. The van der Waals surface area contributed by atoms with Crippen molar-refractivity contribution in [2.45, 2.75) is 32.1 Å². The van der Waals surface area contributed by atoms with Crippen molar-refractivity contribution in [3.63, 3.8) is 0 Å². The Balaban J connectivity index is 2.36. The van der Waals surface area contributed by atoms with E-state index in [0.717, 1.165) is 18.2 Å². The van der Waals surface area contributed by atoms with E-state index >= 15 is 0 Å². The molecular weight excluding hydrogens is 280 g/mol. The van der Waals surface area contributed by atoms with Crippen molar-refractivity contribution in [1.82, 2.24) is 0 Å². The lowest BCUT2D eigenvalue weighted by molar-refractivity contribution is -0.143. The monoisotopic (exact) mass is 298 g/mol. The Morgan fingerprint density at radius 3 is 2.65 bits per heavy atom. The maximum atomic E-state index is 11.2. The summed E-state index contributed by atoms with van der Waals surface area (Å²) in [4.78, 5) is 11.2. The average Bonchev–Trinajstić information content (AvgIpc) is 2.36. The first-order valence-corrected chi connectivity index (χ1v) is 7.16. The van der Waals surface area contributed by atoms with E-state index in [1.54, 1.807) is 0 Å². The first-order valence-electron chi connectivity index (χ1n) is 6.04. The van der Waals surface area contributed by atoms with E-state index in [9.17, 15) is 4.79 Å². The number of esters is 1. The molecule has 2 nitrogen and oxygen atoms in total. The van der Waals surface area contributed by atoms with Crippen molar-refractivity contribution in [2.75, 3.05) is 11.9 Å². The van der Waals surface area contributed by atoms with Gasteiger partial charge in [-0.05, 0) is 31.2 Å². The van der Waals surface area contributed by atoms with Crippen molar-refractivity contribution in [2.24, 2.45) is 0 Å². The summed E-state index contributed by atoms with van der Waals surface area (Å²) in [6, 6.07) is 10.4. The van der Waals surface area contributed by atoms with E-state index in [-0.39, 0.29) is 5.97 Å². The van der Waals surface area contributed by atoms with Gasteiger partial charge >= 0.3 is 5.97 Å². The number of halogens is 1. The van der Waals surface area contributed by atoms with Crippen molar-refractivity contribution < 1.29 is 9.53 Å². The van der Waals surface area contributed by atoms with Gasteiger partial charge in [0.1, 0.15) is 0 Å². The minimum absolute atomic E-state index is 0.0890. The fourth-order valence-electron chi connectivity index (χ4n) is 1.78. The molecule has 0 heterocycles. The smallest absolute Gasteiger partial charge is 0.305 e. The molecule has 0 radical (unpaired) electrons. The zero-order valence-corrected chi connectivity index (χ0v) is 11.8. The zero-order valence-electron chi connectivity index (χ0n) is 10.2. The number of benzene rings is 1. The fourth-order valence-corrected chi connectivity index (χ4v) is 2.48. The van der Waals surface area contributed by atoms with Crippen LogP contribution in [0.1, 0.15) is 37.7 Å². The molecule has 3 heteroatoms. The highest BCUT2D eigenvalue weighted by Crippen LogP contribution is 2.23. The third-order valence-electron chi connectivity index (χ3n) is 2.70. The standard InChI is InChI=1S/C14H19BrO2/c1-2-17-14(16)10-6-9-13(11-15)12-7-4-3-5-8-12/h3-5,7-8,13H,2,6,9-11H2,1H3. The third kappa shape index (κ3) is 5.35. The van der Waals surface area contributed by atoms with Crippen LogP contribution in [-0.4, -0.2) is 17.9 Å². The Kier molecular flexibility index (Phi) is 6.94. The van der Waals surface area contributed by atoms with E-state index < -0.39 is 0 Å². The molecule has 0 aliphatic carbocycles. The van der Waals surface area contributed by atoms with Gasteiger partial charge in [-0.25, -0.2) is 0 Å². The molecule has 0 spiro atoms. The van der Waals surface area contributed by atoms with Crippen LogP contribution in [-0.2, 0) is 9.53 Å². The maximum absolute atomic E-state index is 11.2. The number of alkyl halides is 1. The number of hydrogen-bond donors (Lipinski definition) is 0. The van der Waals surface area contributed by atoms with Crippen LogP contribution >= 0.6 is 15.9 Å². The zero-order chi connectivity index (χ0) is 12.5. The van der Waals surface area contributed by atoms with E-state index in [1.165, 1.54) is 5.56 Å². The Morgan fingerprint density at radius 2 is 2.06 bits per heavy atom. The number of carbonyl (C=O) groups is 1. The van der Waals surface area contributed by atoms with Crippen LogP contribution in [0.4, 0.5) is 0 Å². The summed E-state index contributed by atoms with van der Waals surface area (Å²) in [5.74, 6) is 0.388. The van der Waals surface area contributed by atoms with Gasteiger partial charge in [0, 0.05) is 11.8 Å². The molecule has 0 bridgehead atoms. The Bertz CT molecular complexity index is 324. The number of rotatable bonds is 7. The second-order valence-corrected chi connectivity index (χ2v) is 4.61. The fraction of sp³-hybridized carbons (Fsp3) is 0.500. The summed E-state index contributed by atoms with van der Waals surface area (Å²) in [6.07, 6.45) is 2.41. The largest absolute Gasteiger partial charge is 0.466 e. The molecule has 0 N–H and O–H groups in total. The molecular formula is C14H19BrO2. The van der Waals surface area contributed by atoms with Crippen molar-refractivity contribution in [3.8, 4) is 0 Å². The molecule has 0 saturated carbocycles. The van der Waals surface area contributed by atoms with Gasteiger partial charge in [0.25, 0.3) is 0 Å². The van der Waals surface area contributed by atoms with Crippen LogP contribution in [0, 0.1) is 0 Å². The van der Waals surface area contributed by atoms with E-state index in [1.807, 2.05) is 13.0 Å². The molecule has 0 saturated heterocycles. The van der Waals surface area contributed by atoms with Crippen LogP contribution in [0.5, 0.6) is 0 Å². The minimum atomic E-state index is -0.0890. The van der Waals surface area contributed by atoms with Gasteiger partial charge in [0.05, 0.1) is 6.61 Å². The van der Waals surface area contributed by atoms with Crippen LogP contribution in [0.25, 0.3) is 0 Å². The van der Waals surface area contributed by atoms with Crippen molar-refractivity contribution >= 4 is 21.9 Å². The maximum Gasteiger partial charge on any atom is 0.305 e. The molecule has 17 heavy (non-hydrogen) atoms.